The molecule has 5 nitrogen and oxygen atoms in total. The zero-order valence-electron chi connectivity index (χ0n) is 11.0. The summed E-state index contributed by atoms with van der Waals surface area (Å²) in [6, 6.07) is 0. The maximum atomic E-state index is 11.5. The highest BCUT2D eigenvalue weighted by molar-refractivity contribution is 8.03. The van der Waals surface area contributed by atoms with Gasteiger partial charge < -0.3 is 0 Å². The molecule has 0 aliphatic carbocycles. The van der Waals surface area contributed by atoms with Gasteiger partial charge >= 0.3 is 0 Å². The zero-order valence-corrected chi connectivity index (χ0v) is 12.6. The van der Waals surface area contributed by atoms with Crippen molar-refractivity contribution >= 4 is 20.0 Å². The lowest BCUT2D eigenvalue weighted by molar-refractivity contribution is 0.386. The molecule has 0 amide bonds. The monoisotopic (exact) mass is 285 g/mol. The summed E-state index contributed by atoms with van der Waals surface area (Å²) in [5.74, 6) is 0.0967. The summed E-state index contributed by atoms with van der Waals surface area (Å²) in [4.78, 5) is 0. The first-order valence-electron chi connectivity index (χ1n) is 5.80. The third-order valence-electron chi connectivity index (χ3n) is 2.69. The van der Waals surface area contributed by atoms with Gasteiger partial charge in [-0.05, 0) is 12.3 Å². The Morgan fingerprint density at radius 2 is 1.47 bits per heavy atom. The Hall–Kier alpha value is -0.140. The van der Waals surface area contributed by atoms with Gasteiger partial charge in [-0.15, -0.1) is 0 Å². The van der Waals surface area contributed by atoms with E-state index in [-0.39, 0.29) is 12.5 Å². The molecular weight excluding hydrogens is 262 g/mol. The molecule has 0 aliphatic heterocycles. The Bertz CT molecular complexity index is 382. The van der Waals surface area contributed by atoms with Gasteiger partial charge in [0.15, 0.2) is 0 Å². The van der Waals surface area contributed by atoms with Gasteiger partial charge in [-0.1, -0.05) is 36.8 Å². The standard InChI is InChI=1S/C10H23NO4S2/c1-5-7-8-10(6-2)9-11(16(3,12)13)17(4,14)15/h10H,5-9H2,1-4H3. The molecule has 104 valence electrons. The maximum absolute atomic E-state index is 11.5. The first-order chi connectivity index (χ1) is 7.62. The zero-order chi connectivity index (χ0) is 13.7. The molecule has 0 saturated heterocycles. The van der Waals surface area contributed by atoms with Crippen LogP contribution in [0.2, 0.25) is 0 Å². The van der Waals surface area contributed by atoms with Crippen LogP contribution in [0.4, 0.5) is 0 Å². The molecule has 0 aromatic heterocycles. The van der Waals surface area contributed by atoms with E-state index in [2.05, 4.69) is 6.92 Å². The molecule has 0 aromatic rings. The Morgan fingerprint density at radius 3 is 1.76 bits per heavy atom. The molecule has 0 N–H and O–H groups in total. The predicted octanol–water partition coefficient (Wildman–Crippen LogP) is 1.42. The van der Waals surface area contributed by atoms with Crippen LogP contribution in [0.3, 0.4) is 0 Å². The van der Waals surface area contributed by atoms with Crippen molar-refractivity contribution in [3.05, 3.63) is 0 Å². The quantitative estimate of drug-likeness (QED) is 0.676. The second kappa shape index (κ2) is 6.70. The second-order valence-corrected chi connectivity index (χ2v) is 8.44. The number of unbranched alkanes of at least 4 members (excludes halogenated alkanes) is 1. The van der Waals surface area contributed by atoms with E-state index >= 15 is 0 Å². The molecule has 0 spiro atoms. The molecule has 0 aromatic carbocycles. The van der Waals surface area contributed by atoms with Gasteiger partial charge in [-0.3, -0.25) is 0 Å². The minimum absolute atomic E-state index is 0.0637. The van der Waals surface area contributed by atoms with E-state index in [4.69, 9.17) is 0 Å². The number of hydrogen-bond acceptors (Lipinski definition) is 4. The number of rotatable bonds is 8. The van der Waals surface area contributed by atoms with Gasteiger partial charge in [0.25, 0.3) is 0 Å². The first-order valence-corrected chi connectivity index (χ1v) is 9.50. The molecule has 7 heteroatoms. The van der Waals surface area contributed by atoms with Crippen LogP contribution in [0, 0.1) is 5.92 Å². The summed E-state index contributed by atoms with van der Waals surface area (Å²) in [6.07, 6.45) is 5.51. The Kier molecular flexibility index (Phi) is 6.65. The predicted molar refractivity (Wildman–Crippen MR) is 69.7 cm³/mol. The fourth-order valence-electron chi connectivity index (χ4n) is 1.64. The van der Waals surface area contributed by atoms with Crippen LogP contribution < -0.4 is 0 Å². The van der Waals surface area contributed by atoms with Crippen molar-refractivity contribution in [1.29, 1.82) is 0 Å². The topological polar surface area (TPSA) is 71.5 Å². The Balaban J connectivity index is 4.88. The SMILES string of the molecule is CCCCC(CC)CN(S(C)(=O)=O)S(C)(=O)=O. The van der Waals surface area contributed by atoms with Gasteiger partial charge in [-0.2, -0.15) is 0 Å². The van der Waals surface area contributed by atoms with E-state index in [1.807, 2.05) is 6.92 Å². The van der Waals surface area contributed by atoms with Crippen LogP contribution in [-0.2, 0) is 20.0 Å². The molecular formula is C10H23NO4S2. The third kappa shape index (κ3) is 6.38. The van der Waals surface area contributed by atoms with Crippen molar-refractivity contribution in [1.82, 2.24) is 3.71 Å². The first kappa shape index (κ1) is 16.9. The smallest absolute Gasteiger partial charge is 0.212 e. The lowest BCUT2D eigenvalue weighted by Crippen LogP contribution is -2.38. The summed E-state index contributed by atoms with van der Waals surface area (Å²) in [5.41, 5.74) is 0. The van der Waals surface area contributed by atoms with Crippen LogP contribution in [0.1, 0.15) is 39.5 Å². The van der Waals surface area contributed by atoms with Crippen molar-refractivity contribution in [3.63, 3.8) is 0 Å². The average molecular weight is 285 g/mol. The van der Waals surface area contributed by atoms with Gasteiger partial charge in [0, 0.05) is 6.54 Å². The van der Waals surface area contributed by atoms with E-state index in [1.54, 1.807) is 0 Å². The molecule has 0 rings (SSSR count). The minimum atomic E-state index is -3.71. The normalized spacial score (nSPS) is 15.1. The van der Waals surface area contributed by atoms with Crippen molar-refractivity contribution in [3.8, 4) is 0 Å². The largest absolute Gasteiger partial charge is 0.224 e. The molecule has 0 radical (unpaired) electrons. The van der Waals surface area contributed by atoms with E-state index in [0.29, 0.717) is 3.71 Å². The van der Waals surface area contributed by atoms with Crippen LogP contribution in [0.5, 0.6) is 0 Å². The van der Waals surface area contributed by atoms with Crippen molar-refractivity contribution in [2.24, 2.45) is 5.92 Å². The summed E-state index contributed by atoms with van der Waals surface area (Å²) in [7, 11) is -7.41. The molecule has 0 heterocycles. The minimum Gasteiger partial charge on any atom is -0.212 e. The molecule has 0 aliphatic rings. The van der Waals surface area contributed by atoms with Crippen LogP contribution in [0.25, 0.3) is 0 Å². The van der Waals surface area contributed by atoms with Crippen LogP contribution in [0.15, 0.2) is 0 Å². The van der Waals surface area contributed by atoms with Gasteiger partial charge in [0.2, 0.25) is 20.0 Å². The Labute approximate surface area is 105 Å². The summed E-state index contributed by atoms with van der Waals surface area (Å²) in [6.45, 7) is 4.06. The molecule has 0 fully saturated rings. The molecule has 0 bridgehead atoms. The summed E-state index contributed by atoms with van der Waals surface area (Å²) in [5, 5.41) is 0. The number of sulfonamides is 2. The second-order valence-electron chi connectivity index (χ2n) is 4.40. The fourth-order valence-corrected chi connectivity index (χ4v) is 4.58. The summed E-state index contributed by atoms with van der Waals surface area (Å²) >= 11 is 0. The fraction of sp³-hybridized carbons (Fsp3) is 1.00. The summed E-state index contributed by atoms with van der Waals surface area (Å²) < 4.78 is 46.4. The highest BCUT2D eigenvalue weighted by Crippen LogP contribution is 2.17. The lowest BCUT2D eigenvalue weighted by atomic mass is 10.00. The van der Waals surface area contributed by atoms with Crippen molar-refractivity contribution in [2.45, 2.75) is 39.5 Å². The maximum Gasteiger partial charge on any atom is 0.224 e. The average Bonchev–Trinajstić information content (AvgIpc) is 2.14. The number of hydrogen-bond donors (Lipinski definition) is 0. The van der Waals surface area contributed by atoms with Gasteiger partial charge in [0.05, 0.1) is 12.5 Å². The van der Waals surface area contributed by atoms with E-state index < -0.39 is 20.0 Å². The highest BCUT2D eigenvalue weighted by atomic mass is 32.3. The molecule has 1 atom stereocenters. The molecule has 17 heavy (non-hydrogen) atoms. The molecule has 1 unspecified atom stereocenters. The van der Waals surface area contributed by atoms with Crippen LogP contribution >= 0.6 is 0 Å². The highest BCUT2D eigenvalue weighted by Gasteiger charge is 2.28. The lowest BCUT2D eigenvalue weighted by Gasteiger charge is -2.23. The Morgan fingerprint density at radius 1 is 1.00 bits per heavy atom. The van der Waals surface area contributed by atoms with Gasteiger partial charge in [-0.25, -0.2) is 16.8 Å². The number of nitrogens with zero attached hydrogens (tertiary/aromatic N) is 1. The van der Waals surface area contributed by atoms with Crippen LogP contribution in [-0.4, -0.2) is 39.6 Å². The van der Waals surface area contributed by atoms with Crippen molar-refractivity contribution < 1.29 is 16.8 Å². The van der Waals surface area contributed by atoms with Gasteiger partial charge in [0.1, 0.15) is 0 Å². The molecule has 0 saturated carbocycles. The van der Waals surface area contributed by atoms with E-state index in [9.17, 15) is 16.8 Å². The van der Waals surface area contributed by atoms with E-state index in [1.165, 1.54) is 0 Å². The third-order valence-corrected chi connectivity index (χ3v) is 6.09. The van der Waals surface area contributed by atoms with E-state index in [0.717, 1.165) is 38.2 Å². The van der Waals surface area contributed by atoms with Crippen molar-refractivity contribution in [2.75, 3.05) is 19.1 Å².